The van der Waals surface area contributed by atoms with Crippen molar-refractivity contribution in [3.63, 3.8) is 0 Å². The Kier molecular flexibility index (Phi) is 33.6. The lowest BCUT2D eigenvalue weighted by Crippen LogP contribution is -2.50. The Bertz CT molecular complexity index is 5610. The van der Waals surface area contributed by atoms with Gasteiger partial charge in [-0.3, -0.25) is 48.7 Å². The number of methoxy groups -OCH3 is 3. The summed E-state index contributed by atoms with van der Waals surface area (Å²) in [5.74, 6) is -9.25. The fourth-order valence-electron chi connectivity index (χ4n) is 22.0. The van der Waals surface area contributed by atoms with Gasteiger partial charge in [-0.05, 0) is 163 Å². The van der Waals surface area contributed by atoms with E-state index in [1.165, 1.54) is 91.8 Å². The number of amides is 2. The third kappa shape index (κ3) is 24.1. The normalized spacial score (nSPS) is 25.5. The molecule has 0 bridgehead atoms. The van der Waals surface area contributed by atoms with E-state index in [1.807, 2.05) is 94.1 Å². The van der Waals surface area contributed by atoms with Gasteiger partial charge in [-0.2, -0.15) is 39.5 Å². The molecule has 37 heteroatoms. The van der Waals surface area contributed by atoms with Gasteiger partial charge in [0.1, 0.15) is 17.5 Å². The van der Waals surface area contributed by atoms with Gasteiger partial charge in [-0.1, -0.05) is 119 Å². The number of alkyl halides is 12. The van der Waals surface area contributed by atoms with Crippen LogP contribution in [0.3, 0.4) is 0 Å². The number of aliphatic carboxylic acids is 1. The van der Waals surface area contributed by atoms with E-state index in [9.17, 15) is 86.6 Å². The second-order valence-electron chi connectivity index (χ2n) is 38.3. The van der Waals surface area contributed by atoms with Gasteiger partial charge in [0.15, 0.2) is 0 Å². The van der Waals surface area contributed by atoms with Crippen LogP contribution in [0.2, 0.25) is 0 Å². The molecule has 0 radical (unpaired) electrons. The number of rotatable bonds is 22. The Morgan fingerprint density at radius 1 is 0.397 bits per heavy atom. The van der Waals surface area contributed by atoms with Crippen LogP contribution in [0, 0.1) is 53.0 Å². The van der Waals surface area contributed by atoms with Crippen molar-refractivity contribution in [3.05, 3.63) is 249 Å². The van der Waals surface area contributed by atoms with Crippen LogP contribution in [0.5, 0.6) is 0 Å². The van der Waals surface area contributed by atoms with E-state index >= 15 is 13.2 Å². The predicted molar refractivity (Wildman–Crippen MR) is 497 cm³/mol. The maximum absolute atomic E-state index is 17.5. The van der Waals surface area contributed by atoms with Crippen LogP contribution in [0.25, 0.3) is 0 Å². The lowest BCUT2D eigenvalue weighted by atomic mass is 9.85. The quantitative estimate of drug-likeness (QED) is 0.0325. The minimum absolute atomic E-state index is 0.0996. The number of benzene rings is 5. The molecule has 2 amide bonds. The molecule has 141 heavy (non-hydrogen) atoms. The highest BCUT2D eigenvalue weighted by Crippen LogP contribution is 2.51. The Balaban J connectivity index is 0.000000156. The van der Waals surface area contributed by atoms with E-state index in [4.69, 9.17) is 14.2 Å². The molecule has 9 aliphatic heterocycles. The topological polar surface area (TPSA) is 236 Å². The summed E-state index contributed by atoms with van der Waals surface area (Å²) in [5.41, 5.74) is -2.63. The van der Waals surface area contributed by atoms with Gasteiger partial charge < -0.3 is 54.5 Å². The van der Waals surface area contributed by atoms with Crippen LogP contribution in [0.4, 0.5) is 82.9 Å². The Morgan fingerprint density at radius 3 is 1.07 bits per heavy atom. The molecular weight excluding hydrogens is 1860 g/mol. The van der Waals surface area contributed by atoms with E-state index in [2.05, 4.69) is 32.5 Å². The van der Waals surface area contributed by atoms with Crippen molar-refractivity contribution in [3.8, 4) is 0 Å². The van der Waals surface area contributed by atoms with Crippen molar-refractivity contribution in [1.82, 2.24) is 45.2 Å². The Labute approximate surface area is 809 Å². The predicted octanol–water partition coefficient (Wildman–Crippen LogP) is 17.7. The van der Waals surface area contributed by atoms with Crippen molar-refractivity contribution in [2.45, 2.75) is 163 Å². The van der Waals surface area contributed by atoms with E-state index in [0.717, 1.165) is 79.1 Å². The molecule has 9 fully saturated rings. The number of anilines is 3. The number of hydrogen-bond acceptors (Lipinski definition) is 19. The monoisotopic (exact) mass is 1980 g/mol. The Morgan fingerprint density at radius 2 is 0.738 bits per heavy atom. The zero-order valence-corrected chi connectivity index (χ0v) is 79.4. The first kappa shape index (κ1) is 105. The van der Waals surface area contributed by atoms with Gasteiger partial charge in [0, 0.05) is 176 Å². The first-order valence-electron chi connectivity index (χ1n) is 48.0. The third-order valence-corrected chi connectivity index (χ3v) is 29.8. The number of carbonyl (C=O) groups excluding carboxylic acids is 5. The van der Waals surface area contributed by atoms with Gasteiger partial charge in [0.25, 0.3) is 11.8 Å². The van der Waals surface area contributed by atoms with Crippen molar-refractivity contribution in [1.29, 1.82) is 0 Å². The second kappa shape index (κ2) is 45.0. The van der Waals surface area contributed by atoms with Crippen LogP contribution in [0.15, 0.2) is 170 Å². The summed E-state index contributed by atoms with van der Waals surface area (Å²) < 4.78 is 227. The Hall–Kier alpha value is -11.4. The highest BCUT2D eigenvalue weighted by Gasteiger charge is 2.60. The number of esters is 3. The van der Waals surface area contributed by atoms with Gasteiger partial charge in [0.2, 0.25) is 17.0 Å². The van der Waals surface area contributed by atoms with E-state index in [0.29, 0.717) is 138 Å². The number of piperidine rings is 3. The largest absolute Gasteiger partial charge is 0.479 e. The van der Waals surface area contributed by atoms with Crippen LogP contribution in [-0.2, 0) is 74.6 Å². The highest BCUT2D eigenvalue weighted by atomic mass is 19.4. The van der Waals surface area contributed by atoms with E-state index < -0.39 is 105 Å². The molecule has 22 nitrogen and oxygen atoms in total. The molecule has 9 saturated heterocycles. The summed E-state index contributed by atoms with van der Waals surface area (Å²) >= 11 is 0. The fraction of sp³-hybridized carbons (Fsp3) is 0.510. The number of halogens is 15. The number of likely N-dealkylation sites (tertiary alicyclic amines) is 4. The molecule has 9 aliphatic rings. The molecule has 12 heterocycles. The zero-order chi connectivity index (χ0) is 101. The molecule has 12 atom stereocenters. The zero-order valence-electron chi connectivity index (χ0n) is 79.4. The summed E-state index contributed by atoms with van der Waals surface area (Å²) in [4.78, 5) is 100.0. The summed E-state index contributed by atoms with van der Waals surface area (Å²) in [6.45, 7) is 12.0. The first-order chi connectivity index (χ1) is 67.2. The first-order valence-corrected chi connectivity index (χ1v) is 48.0. The molecule has 17 rings (SSSR count). The molecular formula is C104H119F15N12O10. The SMILES string of the molecule is CC[C@H]1CN(C(=O)[C@]2(F)CN(Cc3ccccc3)C[C@H]2c2ccc(F)cn2)C[C@@H]1c1ccc(C(F)(F)F)cc1N1CCC(C(=O)OC)CC1.CC[C@H]1CN(C(=O)[C@]2(F)CNC[C@H]2c2ccc(F)cn2)C[C@@H]1c1ccc(C(F)(F)F)cc1N1CCC(C(=O)OC)CC1.CC[C@H]1CNC[C@@H]1c1ccc(C(F)(F)F)cc1N1CCC(C(=O)OC)CC1.O=C(O)[C@]1(F)CN(Cc2ccccc2)C[C@H]1c1ccc(F)cn1. The van der Waals surface area contributed by atoms with Crippen molar-refractivity contribution in [2.24, 2.45) is 35.5 Å². The summed E-state index contributed by atoms with van der Waals surface area (Å²) in [6.07, 6.45) is -5.22. The number of nitrogens with one attached hydrogen (secondary N) is 2. The number of carbonyl (C=O) groups is 6. The van der Waals surface area contributed by atoms with E-state index in [1.54, 1.807) is 11.0 Å². The molecule has 760 valence electrons. The number of hydrogen-bond donors (Lipinski definition) is 3. The minimum Gasteiger partial charge on any atom is -0.479 e. The molecule has 0 saturated carbocycles. The van der Waals surface area contributed by atoms with E-state index in [-0.39, 0.29) is 148 Å². The standard InChI is InChI=1S/C37H41F5N4O3.C30H35F5N4O3.C20H27F3N2O2.C17H16F2N2O2/c1-3-25-20-46(21-30(25)29-11-9-27(37(40,41)42)17-33(29)45-15-13-26(14-16-45)34(47)49-2)35(48)36(39)23-44(19-24-7-5-4-6-8-24)22-31(36)32-12-10-28(38)18-43-32;1-3-18-15-39(28(41)29(32)17-36-14-24(29)25-7-5-21(31)13-37-25)16-23(18)22-6-4-20(30(33,34)35)12-26(22)38-10-8-19(9-11-38)27(40)42-2;1-3-13-11-24-12-17(13)16-5-4-15(20(21,22)23)10-18(16)25-8-6-14(7-9-25)19(26)27-2;18-13-6-7-15(20-8-13)14-10-21(11-17(14,19)16(22)23)9-12-4-2-1-3-5-12/h4-12,17-18,25-26,30-31H,3,13-16,19-23H2,1-2H3;4-7,12-13,18-19,23-24,36H,3,8-11,14-17H2,1-2H3;4-5,10,13-14,17,24H,3,6-9,11-12H2,1-2H3;1-8,14H,9-11H2,(H,22,23)/t25-,30-,31-,36-;18-,23-,24-,29-;13-,17-;14-,17-/m0000/s1. The maximum atomic E-state index is 17.5. The van der Waals surface area contributed by atoms with Crippen LogP contribution in [-0.4, -0.2) is 231 Å². The molecule has 3 aromatic heterocycles. The molecule has 0 aliphatic carbocycles. The average molecular weight is 1980 g/mol. The van der Waals surface area contributed by atoms with Crippen molar-refractivity contribution < 1.29 is 114 Å². The fourth-order valence-corrected chi connectivity index (χ4v) is 22.0. The average Bonchev–Trinajstić information content (AvgIpc) is 1.59. The lowest BCUT2D eigenvalue weighted by molar-refractivity contribution is -0.151. The number of pyridine rings is 3. The number of nitrogens with zero attached hydrogens (tertiary/aromatic N) is 10. The van der Waals surface area contributed by atoms with Gasteiger partial charge in [-0.25, -0.2) is 31.1 Å². The number of aromatic nitrogens is 3. The smallest absolute Gasteiger partial charge is 0.416 e. The summed E-state index contributed by atoms with van der Waals surface area (Å²) in [7, 11) is 4.01. The van der Waals surface area contributed by atoms with Gasteiger partial charge in [-0.15, -0.1) is 0 Å². The summed E-state index contributed by atoms with van der Waals surface area (Å²) in [5, 5.41) is 15.6. The van der Waals surface area contributed by atoms with Crippen molar-refractivity contribution >= 4 is 52.8 Å². The number of ether oxygens (including phenoxy) is 3. The van der Waals surface area contributed by atoms with Crippen molar-refractivity contribution in [2.75, 3.05) is 154 Å². The van der Waals surface area contributed by atoms with Crippen LogP contribution < -0.4 is 25.3 Å². The van der Waals surface area contributed by atoms with Gasteiger partial charge in [0.05, 0.1) is 92.1 Å². The number of carboxylic acids is 1. The molecule has 8 aromatic rings. The van der Waals surface area contributed by atoms with Crippen LogP contribution >= 0.6 is 0 Å². The lowest BCUT2D eigenvalue weighted by Gasteiger charge is -2.35. The van der Waals surface area contributed by atoms with Crippen LogP contribution in [0.1, 0.15) is 176 Å². The minimum atomic E-state index is -4.56. The number of carboxylic acid groups (broad SMARTS) is 1. The molecule has 5 aromatic carbocycles. The molecule has 3 N–H and O–H groups in total. The molecule has 0 spiro atoms. The maximum Gasteiger partial charge on any atom is 0.416 e. The third-order valence-electron chi connectivity index (χ3n) is 29.8. The van der Waals surface area contributed by atoms with Gasteiger partial charge >= 0.3 is 42.4 Å². The molecule has 0 unspecified atom stereocenters. The second-order valence-corrected chi connectivity index (χ2v) is 38.3. The highest BCUT2D eigenvalue weighted by molar-refractivity contribution is 5.89. The summed E-state index contributed by atoms with van der Waals surface area (Å²) in [6, 6.07) is 38.3.